The average Bonchev–Trinajstić information content (AvgIpc) is 3.54. The van der Waals surface area contributed by atoms with E-state index in [2.05, 4.69) is 96.0 Å². The molecule has 2 heterocycles. The van der Waals surface area contributed by atoms with E-state index in [4.69, 9.17) is 9.73 Å². The zero-order valence-electron chi connectivity index (χ0n) is 27.9. The molecule has 1 aliphatic carbocycles. The van der Waals surface area contributed by atoms with Crippen molar-refractivity contribution in [3.05, 3.63) is 63.5 Å². The minimum absolute atomic E-state index is 0.0508. The minimum atomic E-state index is 0.0508. The summed E-state index contributed by atoms with van der Waals surface area (Å²) >= 11 is 3.28. The van der Waals surface area contributed by atoms with Gasteiger partial charge >= 0.3 is 0 Å². The van der Waals surface area contributed by atoms with E-state index in [0.717, 1.165) is 65.1 Å². The van der Waals surface area contributed by atoms with Crippen LogP contribution in [0.15, 0.2) is 62.3 Å². The van der Waals surface area contributed by atoms with Crippen LogP contribution in [0, 0.1) is 0 Å². The van der Waals surface area contributed by atoms with Gasteiger partial charge < -0.3 is 9.64 Å². The monoisotopic (exact) mass is 633 g/mol. The number of thioether (sulfide) groups is 2. The zero-order chi connectivity index (χ0) is 31.5. The molecule has 2 fully saturated rings. The van der Waals surface area contributed by atoms with Gasteiger partial charge in [0, 0.05) is 30.1 Å². The highest BCUT2D eigenvalue weighted by Gasteiger charge is 2.42. The number of fused-ring (bicyclic) bond motifs is 1. The molecule has 0 spiro atoms. The minimum Gasteiger partial charge on any atom is -0.493 e. The molecule has 7 heteroatoms. The van der Waals surface area contributed by atoms with Gasteiger partial charge in [-0.1, -0.05) is 96.8 Å². The predicted octanol–water partition coefficient (Wildman–Crippen LogP) is 9.90. The number of benzene rings is 2. The summed E-state index contributed by atoms with van der Waals surface area (Å²) in [5.74, 6) is 1.14. The Balaban J connectivity index is 1.26. The van der Waals surface area contributed by atoms with Crippen molar-refractivity contribution in [2.75, 3.05) is 25.1 Å². The molecule has 0 N–H and O–H groups in total. The highest BCUT2D eigenvalue weighted by atomic mass is 32.2. The van der Waals surface area contributed by atoms with Crippen LogP contribution in [0.4, 0.5) is 5.69 Å². The third-order valence-electron chi connectivity index (χ3n) is 10.00. The van der Waals surface area contributed by atoms with Gasteiger partial charge in [0.1, 0.15) is 10.7 Å². The van der Waals surface area contributed by atoms with Crippen LogP contribution in [-0.2, 0) is 15.6 Å². The van der Waals surface area contributed by atoms with Crippen LogP contribution in [0.1, 0.15) is 110 Å². The summed E-state index contributed by atoms with van der Waals surface area (Å²) in [6, 6.07) is 15.5. The number of aliphatic imine (C=N–C) groups is 1. The predicted molar refractivity (Wildman–Crippen MR) is 189 cm³/mol. The van der Waals surface area contributed by atoms with Gasteiger partial charge in [-0.3, -0.25) is 14.7 Å². The average molecular weight is 634 g/mol. The molecule has 44 heavy (non-hydrogen) atoms. The van der Waals surface area contributed by atoms with E-state index in [1.54, 1.807) is 23.5 Å². The topological polar surface area (TPSA) is 45.1 Å². The summed E-state index contributed by atoms with van der Waals surface area (Å²) < 4.78 is 6.43. The summed E-state index contributed by atoms with van der Waals surface area (Å²) in [4.78, 5) is 25.2. The molecule has 0 radical (unpaired) electrons. The lowest BCUT2D eigenvalue weighted by Gasteiger charge is -2.30. The van der Waals surface area contributed by atoms with Crippen LogP contribution in [0.2, 0.25) is 0 Å². The first-order valence-corrected chi connectivity index (χ1v) is 18.3. The van der Waals surface area contributed by atoms with Gasteiger partial charge in [-0.25, -0.2) is 0 Å². The number of amides is 1. The molecule has 0 bridgehead atoms. The second-order valence-electron chi connectivity index (χ2n) is 13.7. The Kier molecular flexibility index (Phi) is 10.5. The van der Waals surface area contributed by atoms with Gasteiger partial charge in [-0.05, 0) is 84.9 Å². The van der Waals surface area contributed by atoms with Gasteiger partial charge in [-0.15, -0.1) is 0 Å². The van der Waals surface area contributed by atoms with Gasteiger partial charge in [-0.2, -0.15) is 0 Å². The van der Waals surface area contributed by atoms with Crippen molar-refractivity contribution in [1.29, 1.82) is 0 Å². The number of hydrogen-bond donors (Lipinski definition) is 0. The van der Waals surface area contributed by atoms with Crippen LogP contribution >= 0.6 is 23.5 Å². The van der Waals surface area contributed by atoms with E-state index >= 15 is 0 Å². The number of para-hydroxylation sites is 1. The summed E-state index contributed by atoms with van der Waals surface area (Å²) in [5, 5.41) is 1.91. The van der Waals surface area contributed by atoms with Crippen LogP contribution in [0.25, 0.3) is 0 Å². The number of carbonyl (C=O) groups is 1. The number of nitrogens with zero attached hydrogens (tertiary/aromatic N) is 3. The quantitative estimate of drug-likeness (QED) is 0.182. The maximum absolute atomic E-state index is 13.9. The maximum atomic E-state index is 13.9. The van der Waals surface area contributed by atoms with Gasteiger partial charge in [0.05, 0.1) is 17.3 Å². The molecular formula is C37H51N3O2S2. The summed E-state index contributed by atoms with van der Waals surface area (Å²) in [6.45, 7) is 15.2. The Hall–Kier alpha value is -2.38. The molecule has 0 unspecified atom stereocenters. The first kappa shape index (κ1) is 33.0. The van der Waals surface area contributed by atoms with Crippen LogP contribution in [0.5, 0.6) is 5.75 Å². The molecule has 2 aromatic rings. The van der Waals surface area contributed by atoms with E-state index < -0.39 is 0 Å². The first-order chi connectivity index (χ1) is 21.1. The number of unbranched alkanes of at least 4 members (excludes halogenated alkanes) is 1. The highest BCUT2D eigenvalue weighted by Crippen LogP contribution is 2.50. The Morgan fingerprint density at radius 3 is 2.36 bits per heavy atom. The SMILES string of the molecule is CCC(C)(C)c1ccc(OCCCCN=C2S/C(=C3\Sc4ccccc4N3C)C(=O)N2C2CCCCC2)c(C(C)(C)CC)c1. The molecule has 3 aliphatic rings. The van der Waals surface area contributed by atoms with Crippen molar-refractivity contribution in [2.45, 2.75) is 121 Å². The number of ether oxygens (including phenoxy) is 1. The lowest BCUT2D eigenvalue weighted by molar-refractivity contribution is -0.124. The Morgan fingerprint density at radius 2 is 1.66 bits per heavy atom. The standard InChI is InChI=1S/C37H51N3O2S2/c1-8-36(3,4)26-21-22-30(28(25-26)37(5,6)9-2)42-24-16-15-23-38-35-40(27-17-11-10-12-18-27)33(41)32(44-35)34-39(7)29-19-13-14-20-31(29)43-34/h13-14,19-22,25,27H,8-12,15-18,23-24H2,1-7H3/b34-32-,38-35?. The summed E-state index contributed by atoms with van der Waals surface area (Å²) in [6.07, 6.45) is 9.77. The maximum Gasteiger partial charge on any atom is 0.269 e. The first-order valence-electron chi connectivity index (χ1n) is 16.7. The van der Waals surface area contributed by atoms with Crippen LogP contribution < -0.4 is 9.64 Å². The van der Waals surface area contributed by atoms with Crippen LogP contribution in [0.3, 0.4) is 0 Å². The van der Waals surface area contributed by atoms with Gasteiger partial charge in [0.15, 0.2) is 5.17 Å². The molecule has 1 amide bonds. The molecule has 5 rings (SSSR count). The third kappa shape index (κ3) is 6.89. The third-order valence-corrected chi connectivity index (χ3v) is 12.4. The number of hydrogen-bond acceptors (Lipinski definition) is 6. The number of amidine groups is 1. The van der Waals surface area contributed by atoms with E-state index in [1.807, 2.05) is 4.90 Å². The largest absolute Gasteiger partial charge is 0.493 e. The van der Waals surface area contributed by atoms with E-state index in [-0.39, 0.29) is 22.8 Å². The van der Waals surface area contributed by atoms with Crippen LogP contribution in [-0.4, -0.2) is 42.2 Å². The normalized spacial score (nSPS) is 20.6. The van der Waals surface area contributed by atoms with E-state index in [9.17, 15) is 4.79 Å². The summed E-state index contributed by atoms with van der Waals surface area (Å²) in [7, 11) is 2.07. The summed E-state index contributed by atoms with van der Waals surface area (Å²) in [5.41, 5.74) is 4.05. The molecule has 2 aliphatic heterocycles. The molecule has 5 nitrogen and oxygen atoms in total. The fraction of sp³-hybridized carbons (Fsp3) is 0.568. The lowest BCUT2D eigenvalue weighted by Crippen LogP contribution is -2.40. The van der Waals surface area contributed by atoms with Gasteiger partial charge in [0.2, 0.25) is 0 Å². The van der Waals surface area contributed by atoms with Crippen molar-refractivity contribution < 1.29 is 9.53 Å². The fourth-order valence-corrected chi connectivity index (χ4v) is 8.57. The van der Waals surface area contributed by atoms with Crippen molar-refractivity contribution in [3.8, 4) is 5.75 Å². The van der Waals surface area contributed by atoms with Crippen molar-refractivity contribution in [1.82, 2.24) is 4.90 Å². The Labute approximate surface area is 274 Å². The lowest BCUT2D eigenvalue weighted by atomic mass is 9.76. The Bertz CT molecular complexity index is 1410. The smallest absolute Gasteiger partial charge is 0.269 e. The Morgan fingerprint density at radius 1 is 0.932 bits per heavy atom. The molecule has 1 saturated carbocycles. The second-order valence-corrected chi connectivity index (χ2v) is 15.7. The zero-order valence-corrected chi connectivity index (χ0v) is 29.5. The van der Waals surface area contributed by atoms with Crippen molar-refractivity contribution in [3.63, 3.8) is 0 Å². The molecular weight excluding hydrogens is 583 g/mol. The molecule has 0 atom stereocenters. The van der Waals surface area contributed by atoms with Gasteiger partial charge in [0.25, 0.3) is 5.91 Å². The van der Waals surface area contributed by atoms with Crippen molar-refractivity contribution >= 4 is 40.3 Å². The van der Waals surface area contributed by atoms with E-state index in [1.165, 1.54) is 35.3 Å². The van der Waals surface area contributed by atoms with Crippen molar-refractivity contribution in [2.24, 2.45) is 4.99 Å². The highest BCUT2D eigenvalue weighted by molar-refractivity contribution is 8.19. The number of carbonyl (C=O) groups excluding carboxylic acids is 1. The molecule has 0 aromatic heterocycles. The van der Waals surface area contributed by atoms with E-state index in [0.29, 0.717) is 13.2 Å². The molecule has 238 valence electrons. The fourth-order valence-electron chi connectivity index (χ4n) is 6.16. The number of rotatable bonds is 11. The molecule has 2 aromatic carbocycles. The molecule has 1 saturated heterocycles. The number of anilines is 1. The second kappa shape index (κ2) is 13.9.